The molecular weight excluding hydrogens is 358 g/mol. The van der Waals surface area contributed by atoms with Crippen LogP contribution in [0.1, 0.15) is 18.2 Å². The smallest absolute Gasteiger partial charge is 0.325 e. The van der Waals surface area contributed by atoms with E-state index in [-0.39, 0.29) is 12.5 Å². The van der Waals surface area contributed by atoms with Gasteiger partial charge in [0, 0.05) is 6.20 Å². The molecule has 0 saturated carbocycles. The Kier molecular flexibility index (Phi) is 3.96. The highest BCUT2D eigenvalue weighted by atomic mass is 35.5. The number of carbonyl (C=O) groups is 2. The first-order valence-corrected chi connectivity index (χ1v) is 8.50. The van der Waals surface area contributed by atoms with E-state index in [0.717, 1.165) is 4.90 Å². The van der Waals surface area contributed by atoms with Crippen LogP contribution >= 0.6 is 11.6 Å². The minimum absolute atomic E-state index is 0.0729. The summed E-state index contributed by atoms with van der Waals surface area (Å²) in [5, 5.41) is 3.12. The normalized spacial score (nSPS) is 21.7. The molecular formula is C18H16ClN3O4. The Hall–Kier alpha value is -2.80. The lowest BCUT2D eigenvalue weighted by Crippen LogP contribution is -2.41. The Balaban J connectivity index is 1.62. The molecule has 0 bridgehead atoms. The van der Waals surface area contributed by atoms with Crippen LogP contribution in [-0.4, -0.2) is 35.0 Å². The van der Waals surface area contributed by atoms with Gasteiger partial charge >= 0.3 is 6.03 Å². The van der Waals surface area contributed by atoms with Gasteiger partial charge in [-0.25, -0.2) is 4.79 Å². The number of hydrogen-bond acceptors (Lipinski definition) is 5. The summed E-state index contributed by atoms with van der Waals surface area (Å²) < 4.78 is 11.0. The van der Waals surface area contributed by atoms with Crippen LogP contribution in [0.15, 0.2) is 36.5 Å². The second kappa shape index (κ2) is 6.17. The van der Waals surface area contributed by atoms with Crippen molar-refractivity contribution in [2.45, 2.75) is 19.0 Å². The summed E-state index contributed by atoms with van der Waals surface area (Å²) >= 11 is 6.24. The maximum absolute atomic E-state index is 12.9. The number of halogens is 1. The van der Waals surface area contributed by atoms with Gasteiger partial charge in [-0.05, 0) is 36.8 Å². The van der Waals surface area contributed by atoms with Crippen molar-refractivity contribution in [3.63, 3.8) is 0 Å². The van der Waals surface area contributed by atoms with Gasteiger partial charge in [-0.3, -0.25) is 14.7 Å². The molecule has 2 aliphatic heterocycles. The SMILES string of the molecule is C[C@]1(c2ccccn2)NC(=O)N(Cc2cc(Cl)c3c(c2)OCCO3)C1=O. The number of ether oxygens (including phenoxy) is 2. The van der Waals surface area contributed by atoms with Crippen LogP contribution in [0, 0.1) is 0 Å². The van der Waals surface area contributed by atoms with E-state index in [1.807, 2.05) is 0 Å². The van der Waals surface area contributed by atoms with Crippen molar-refractivity contribution in [3.05, 3.63) is 52.8 Å². The largest absolute Gasteiger partial charge is 0.486 e. The van der Waals surface area contributed by atoms with Crippen LogP contribution < -0.4 is 14.8 Å². The number of urea groups is 1. The maximum Gasteiger partial charge on any atom is 0.325 e. The Morgan fingerprint density at radius 3 is 2.85 bits per heavy atom. The minimum atomic E-state index is -1.20. The van der Waals surface area contributed by atoms with Crippen molar-refractivity contribution in [1.29, 1.82) is 0 Å². The Labute approximate surface area is 154 Å². The molecule has 3 heterocycles. The quantitative estimate of drug-likeness (QED) is 0.836. The van der Waals surface area contributed by atoms with Gasteiger partial charge in [0.25, 0.3) is 5.91 Å². The molecule has 134 valence electrons. The van der Waals surface area contributed by atoms with Gasteiger partial charge in [-0.15, -0.1) is 0 Å². The van der Waals surface area contributed by atoms with Gasteiger partial charge in [0.15, 0.2) is 17.0 Å². The van der Waals surface area contributed by atoms with Gasteiger partial charge in [0.2, 0.25) is 0 Å². The molecule has 4 rings (SSSR count). The monoisotopic (exact) mass is 373 g/mol. The van der Waals surface area contributed by atoms with Gasteiger partial charge in [-0.2, -0.15) is 0 Å². The fourth-order valence-electron chi connectivity index (χ4n) is 3.11. The molecule has 1 atom stereocenters. The number of carbonyl (C=O) groups excluding carboxylic acids is 2. The summed E-state index contributed by atoms with van der Waals surface area (Å²) in [5.74, 6) is 0.627. The Morgan fingerprint density at radius 2 is 2.08 bits per heavy atom. The average molecular weight is 374 g/mol. The molecule has 7 nitrogen and oxygen atoms in total. The van der Waals surface area contributed by atoms with Crippen molar-refractivity contribution in [2.75, 3.05) is 13.2 Å². The standard InChI is InChI=1S/C18H16ClN3O4/c1-18(14-4-2-3-5-20-14)16(23)22(17(24)21-18)10-11-8-12(19)15-13(9-11)25-6-7-26-15/h2-5,8-9H,6-7,10H2,1H3,(H,21,24)/t18-/m1/s1. The fraction of sp³-hybridized carbons (Fsp3) is 0.278. The molecule has 3 amide bonds. The third-order valence-electron chi connectivity index (χ3n) is 4.45. The third kappa shape index (κ3) is 2.64. The van der Waals surface area contributed by atoms with E-state index in [9.17, 15) is 9.59 Å². The van der Waals surface area contributed by atoms with Gasteiger partial charge in [-0.1, -0.05) is 17.7 Å². The van der Waals surface area contributed by atoms with E-state index in [2.05, 4.69) is 10.3 Å². The third-order valence-corrected chi connectivity index (χ3v) is 4.73. The van der Waals surface area contributed by atoms with E-state index < -0.39 is 11.6 Å². The van der Waals surface area contributed by atoms with E-state index in [4.69, 9.17) is 21.1 Å². The number of benzene rings is 1. The Morgan fingerprint density at radius 1 is 1.27 bits per heavy atom. The zero-order valence-electron chi connectivity index (χ0n) is 14.0. The molecule has 2 aromatic rings. The van der Waals surface area contributed by atoms with Crippen LogP contribution in [0.5, 0.6) is 11.5 Å². The maximum atomic E-state index is 12.9. The molecule has 0 unspecified atom stereocenters. The first-order valence-electron chi connectivity index (χ1n) is 8.13. The number of fused-ring (bicyclic) bond motifs is 1. The molecule has 1 fully saturated rings. The van der Waals surface area contributed by atoms with Crippen LogP contribution in [0.3, 0.4) is 0 Å². The highest BCUT2D eigenvalue weighted by Crippen LogP contribution is 2.39. The van der Waals surface area contributed by atoms with Crippen molar-refractivity contribution in [1.82, 2.24) is 15.2 Å². The molecule has 1 N–H and O–H groups in total. The topological polar surface area (TPSA) is 80.8 Å². The summed E-state index contributed by atoms with van der Waals surface area (Å²) in [7, 11) is 0. The zero-order valence-corrected chi connectivity index (χ0v) is 14.7. The summed E-state index contributed by atoms with van der Waals surface area (Å²) in [4.78, 5) is 30.7. The fourth-order valence-corrected chi connectivity index (χ4v) is 3.40. The van der Waals surface area contributed by atoms with Crippen LogP contribution in [0.4, 0.5) is 4.79 Å². The summed E-state index contributed by atoms with van der Waals surface area (Å²) in [6.45, 7) is 2.57. The molecule has 0 aliphatic carbocycles. The average Bonchev–Trinajstić information content (AvgIpc) is 2.87. The zero-order chi connectivity index (χ0) is 18.3. The van der Waals surface area contributed by atoms with Crippen molar-refractivity contribution >= 4 is 23.5 Å². The number of nitrogens with one attached hydrogen (secondary N) is 1. The molecule has 0 spiro atoms. The molecule has 2 aliphatic rings. The predicted octanol–water partition coefficient (Wildman–Crippen LogP) is 2.47. The molecule has 1 aromatic heterocycles. The van der Waals surface area contributed by atoms with Gasteiger partial charge in [0.1, 0.15) is 13.2 Å². The molecule has 26 heavy (non-hydrogen) atoms. The van der Waals surface area contributed by atoms with E-state index in [1.54, 1.807) is 43.5 Å². The number of aromatic nitrogens is 1. The number of nitrogens with zero attached hydrogens (tertiary/aromatic N) is 2. The molecule has 8 heteroatoms. The van der Waals surface area contributed by atoms with E-state index in [1.165, 1.54) is 0 Å². The minimum Gasteiger partial charge on any atom is -0.486 e. The number of hydrogen-bond donors (Lipinski definition) is 1. The lowest BCUT2D eigenvalue weighted by Gasteiger charge is -2.22. The van der Waals surface area contributed by atoms with Gasteiger partial charge < -0.3 is 14.8 Å². The highest BCUT2D eigenvalue weighted by molar-refractivity contribution is 6.32. The first kappa shape index (κ1) is 16.7. The second-order valence-corrected chi connectivity index (χ2v) is 6.67. The summed E-state index contributed by atoms with van der Waals surface area (Å²) in [6.07, 6.45) is 1.59. The lowest BCUT2D eigenvalue weighted by molar-refractivity contribution is -0.131. The highest BCUT2D eigenvalue weighted by Gasteiger charge is 2.49. The second-order valence-electron chi connectivity index (χ2n) is 6.26. The van der Waals surface area contributed by atoms with Crippen molar-refractivity contribution < 1.29 is 19.1 Å². The lowest BCUT2D eigenvalue weighted by atomic mass is 9.97. The number of imide groups is 1. The number of amides is 3. The van der Waals surface area contributed by atoms with Crippen molar-refractivity contribution in [2.24, 2.45) is 0 Å². The van der Waals surface area contributed by atoms with Crippen LogP contribution in [0.2, 0.25) is 5.02 Å². The van der Waals surface area contributed by atoms with Gasteiger partial charge in [0.05, 0.1) is 17.3 Å². The summed E-state index contributed by atoms with van der Waals surface area (Å²) in [6, 6.07) is 8.17. The van der Waals surface area contributed by atoms with E-state index in [0.29, 0.717) is 41.0 Å². The molecule has 1 aromatic carbocycles. The number of rotatable bonds is 3. The van der Waals surface area contributed by atoms with Crippen LogP contribution in [-0.2, 0) is 16.9 Å². The van der Waals surface area contributed by atoms with Crippen LogP contribution in [0.25, 0.3) is 0 Å². The summed E-state index contributed by atoms with van der Waals surface area (Å²) in [5.41, 5.74) is -0.0373. The Bertz CT molecular complexity index is 890. The van der Waals surface area contributed by atoms with Crippen molar-refractivity contribution in [3.8, 4) is 11.5 Å². The number of pyridine rings is 1. The first-order chi connectivity index (χ1) is 12.5. The van der Waals surface area contributed by atoms with E-state index >= 15 is 0 Å². The predicted molar refractivity (Wildman–Crippen MR) is 93.1 cm³/mol. The molecule has 1 saturated heterocycles. The molecule has 0 radical (unpaired) electrons.